The van der Waals surface area contributed by atoms with Gasteiger partial charge in [0, 0.05) is 5.69 Å². The van der Waals surface area contributed by atoms with Crippen LogP contribution in [0.2, 0.25) is 0 Å². The molecule has 0 aromatic heterocycles. The highest BCUT2D eigenvalue weighted by atomic mass is 16.3. The van der Waals surface area contributed by atoms with Crippen LogP contribution in [-0.4, -0.2) is 11.0 Å². The molecule has 0 spiro atoms. The summed E-state index contributed by atoms with van der Waals surface area (Å²) in [5, 5.41) is 14.3. The van der Waals surface area contributed by atoms with E-state index in [1.165, 1.54) is 0 Å². The van der Waals surface area contributed by atoms with E-state index in [1.54, 1.807) is 24.3 Å². The van der Waals surface area contributed by atoms with E-state index in [1.807, 2.05) is 68.4 Å². The third-order valence-corrected chi connectivity index (χ3v) is 4.48. The summed E-state index contributed by atoms with van der Waals surface area (Å²) in [6.07, 6.45) is 0. The quantitative estimate of drug-likeness (QED) is 0.753. The predicted octanol–water partition coefficient (Wildman–Crippen LogP) is 4.18. The number of hydrogen-bond acceptors (Lipinski definition) is 2. The largest absolute Gasteiger partial charge is 0.372 e. The van der Waals surface area contributed by atoms with Crippen molar-refractivity contribution in [2.75, 3.05) is 5.32 Å². The average Bonchev–Trinajstić information content (AvgIpc) is 2.65. The predicted molar refractivity (Wildman–Crippen MR) is 100 cm³/mol. The maximum absolute atomic E-state index is 13.1. The number of carbonyl (C=O) groups excluding carboxylic acids is 1. The smallest absolute Gasteiger partial charge is 0.265 e. The van der Waals surface area contributed by atoms with Gasteiger partial charge in [0.2, 0.25) is 0 Å². The zero-order chi connectivity index (χ0) is 17.9. The van der Waals surface area contributed by atoms with Crippen LogP contribution in [0.1, 0.15) is 22.3 Å². The van der Waals surface area contributed by atoms with Gasteiger partial charge in [0.1, 0.15) is 0 Å². The van der Waals surface area contributed by atoms with Crippen LogP contribution in [0, 0.1) is 13.8 Å². The Bertz CT molecular complexity index is 834. The molecule has 0 aliphatic heterocycles. The second-order valence-electron chi connectivity index (χ2n) is 6.20. The fraction of sp³-hybridized carbons (Fsp3) is 0.136. The molecule has 1 amide bonds. The first-order valence-corrected chi connectivity index (χ1v) is 8.24. The van der Waals surface area contributed by atoms with Crippen LogP contribution >= 0.6 is 0 Å². The van der Waals surface area contributed by atoms with Crippen molar-refractivity contribution in [2.45, 2.75) is 19.4 Å². The number of aliphatic hydroxyl groups is 1. The highest BCUT2D eigenvalue weighted by Crippen LogP contribution is 2.31. The van der Waals surface area contributed by atoms with Crippen molar-refractivity contribution < 1.29 is 9.90 Å². The third kappa shape index (κ3) is 3.32. The van der Waals surface area contributed by atoms with Gasteiger partial charge in [0.05, 0.1) is 0 Å². The number of hydrogen-bond donors (Lipinski definition) is 2. The number of rotatable bonds is 4. The fourth-order valence-corrected chi connectivity index (χ4v) is 2.83. The Balaban J connectivity index is 2.02. The number of amides is 1. The molecule has 0 aliphatic carbocycles. The van der Waals surface area contributed by atoms with E-state index in [4.69, 9.17) is 0 Å². The molecular weight excluding hydrogens is 310 g/mol. The lowest BCUT2D eigenvalue weighted by atomic mass is 9.85. The van der Waals surface area contributed by atoms with Crippen LogP contribution in [0.4, 0.5) is 5.69 Å². The molecule has 0 unspecified atom stereocenters. The summed E-state index contributed by atoms with van der Waals surface area (Å²) >= 11 is 0. The Morgan fingerprint density at radius 2 is 1.32 bits per heavy atom. The first-order valence-electron chi connectivity index (χ1n) is 8.24. The number of benzene rings is 3. The Hall–Kier alpha value is -2.91. The summed E-state index contributed by atoms with van der Waals surface area (Å²) in [5.41, 5.74) is 2.20. The Morgan fingerprint density at radius 1 is 0.800 bits per heavy atom. The SMILES string of the molecule is Cc1ccc(NC(=O)C(O)(c2ccccc2)c2ccccc2)cc1C. The molecule has 3 aromatic carbocycles. The van der Waals surface area contributed by atoms with Crippen LogP contribution in [0.5, 0.6) is 0 Å². The molecule has 3 rings (SSSR count). The second kappa shape index (κ2) is 6.91. The molecule has 3 aromatic rings. The van der Waals surface area contributed by atoms with E-state index in [0.29, 0.717) is 16.8 Å². The molecule has 0 bridgehead atoms. The summed E-state index contributed by atoms with van der Waals surface area (Å²) in [5.74, 6) is -0.479. The normalized spacial score (nSPS) is 11.2. The molecule has 25 heavy (non-hydrogen) atoms. The minimum Gasteiger partial charge on any atom is -0.372 e. The summed E-state index contributed by atoms with van der Waals surface area (Å²) in [4.78, 5) is 13.1. The molecule has 0 fully saturated rings. The maximum atomic E-state index is 13.1. The molecule has 0 aliphatic rings. The Labute approximate surface area is 148 Å². The first kappa shape index (κ1) is 16.9. The summed E-state index contributed by atoms with van der Waals surface area (Å²) in [7, 11) is 0. The molecule has 0 heterocycles. The number of carbonyl (C=O) groups is 1. The summed E-state index contributed by atoms with van der Waals surface area (Å²) < 4.78 is 0. The molecule has 3 heteroatoms. The number of nitrogens with one attached hydrogen (secondary N) is 1. The van der Waals surface area contributed by atoms with Gasteiger partial charge in [-0.1, -0.05) is 66.7 Å². The summed E-state index contributed by atoms with van der Waals surface area (Å²) in [6, 6.07) is 23.7. The molecule has 0 saturated heterocycles. The van der Waals surface area contributed by atoms with Crippen molar-refractivity contribution in [3.63, 3.8) is 0 Å². The highest BCUT2D eigenvalue weighted by molar-refractivity contribution is 6.00. The second-order valence-corrected chi connectivity index (χ2v) is 6.20. The van der Waals surface area contributed by atoms with E-state index in [9.17, 15) is 9.90 Å². The van der Waals surface area contributed by atoms with Gasteiger partial charge < -0.3 is 10.4 Å². The van der Waals surface area contributed by atoms with Crippen molar-refractivity contribution >= 4 is 11.6 Å². The molecule has 0 atom stereocenters. The zero-order valence-corrected chi connectivity index (χ0v) is 14.4. The van der Waals surface area contributed by atoms with Crippen molar-refractivity contribution in [1.82, 2.24) is 0 Å². The highest BCUT2D eigenvalue weighted by Gasteiger charge is 2.39. The third-order valence-electron chi connectivity index (χ3n) is 4.48. The maximum Gasteiger partial charge on any atom is 0.265 e. The lowest BCUT2D eigenvalue weighted by Crippen LogP contribution is -2.41. The average molecular weight is 331 g/mol. The van der Waals surface area contributed by atoms with E-state index in [0.717, 1.165) is 11.1 Å². The number of aryl methyl sites for hydroxylation is 2. The fourth-order valence-electron chi connectivity index (χ4n) is 2.83. The molecule has 2 N–H and O–H groups in total. The van der Waals surface area contributed by atoms with E-state index in [-0.39, 0.29) is 0 Å². The van der Waals surface area contributed by atoms with E-state index < -0.39 is 11.5 Å². The lowest BCUT2D eigenvalue weighted by Gasteiger charge is -2.28. The van der Waals surface area contributed by atoms with Gasteiger partial charge in [-0.25, -0.2) is 0 Å². The van der Waals surface area contributed by atoms with Crippen molar-refractivity contribution in [3.05, 3.63) is 101 Å². The van der Waals surface area contributed by atoms with Gasteiger partial charge in [0.25, 0.3) is 5.91 Å². The van der Waals surface area contributed by atoms with Crippen LogP contribution in [0.15, 0.2) is 78.9 Å². The van der Waals surface area contributed by atoms with Crippen molar-refractivity contribution in [1.29, 1.82) is 0 Å². The van der Waals surface area contributed by atoms with Gasteiger partial charge in [-0.3, -0.25) is 4.79 Å². The van der Waals surface area contributed by atoms with Gasteiger partial charge >= 0.3 is 0 Å². The van der Waals surface area contributed by atoms with Crippen molar-refractivity contribution in [2.24, 2.45) is 0 Å². The molecule has 126 valence electrons. The standard InChI is InChI=1S/C22H21NO2/c1-16-13-14-20(15-17(16)2)23-21(24)22(25,18-9-5-3-6-10-18)19-11-7-4-8-12-19/h3-15,25H,1-2H3,(H,23,24). The first-order chi connectivity index (χ1) is 12.0. The van der Waals surface area contributed by atoms with E-state index >= 15 is 0 Å². The Kier molecular flexibility index (Phi) is 4.68. The van der Waals surface area contributed by atoms with Crippen LogP contribution in [0.3, 0.4) is 0 Å². The van der Waals surface area contributed by atoms with Gasteiger partial charge in [-0.2, -0.15) is 0 Å². The molecule has 0 radical (unpaired) electrons. The van der Waals surface area contributed by atoms with E-state index in [2.05, 4.69) is 5.32 Å². The summed E-state index contributed by atoms with van der Waals surface area (Å²) in [6.45, 7) is 4.01. The monoisotopic (exact) mass is 331 g/mol. The van der Waals surface area contributed by atoms with Crippen LogP contribution in [-0.2, 0) is 10.4 Å². The Morgan fingerprint density at radius 3 is 1.80 bits per heavy atom. The minimum atomic E-state index is -1.76. The minimum absolute atomic E-state index is 0.479. The lowest BCUT2D eigenvalue weighted by molar-refractivity contribution is -0.131. The van der Waals surface area contributed by atoms with Gasteiger partial charge in [0.15, 0.2) is 5.60 Å². The van der Waals surface area contributed by atoms with Gasteiger partial charge in [-0.15, -0.1) is 0 Å². The van der Waals surface area contributed by atoms with Crippen LogP contribution < -0.4 is 5.32 Å². The van der Waals surface area contributed by atoms with Gasteiger partial charge in [-0.05, 0) is 48.2 Å². The molecular formula is C22H21NO2. The topological polar surface area (TPSA) is 49.3 Å². The molecule has 3 nitrogen and oxygen atoms in total. The zero-order valence-electron chi connectivity index (χ0n) is 14.4. The molecule has 0 saturated carbocycles. The number of anilines is 1. The van der Waals surface area contributed by atoms with Crippen LogP contribution in [0.25, 0.3) is 0 Å². The van der Waals surface area contributed by atoms with Crippen molar-refractivity contribution in [3.8, 4) is 0 Å².